The minimum atomic E-state index is -2.81. The predicted octanol–water partition coefficient (Wildman–Crippen LogP) is 4.44. The lowest BCUT2D eigenvalue weighted by Crippen LogP contribution is -2.23. The normalized spacial score (nSPS) is 19.0. The molecule has 0 aromatic carbocycles. The van der Waals surface area contributed by atoms with Crippen LogP contribution >= 0.6 is 0 Å². The SMILES string of the molecule is CC(C)(O)CCNc1ccn2ncc(C(=O)Nc3cn([C@H]4CC[C@H](C)CC4)nc3C(F)F)c2n1. The van der Waals surface area contributed by atoms with Crippen LogP contribution in [0.3, 0.4) is 0 Å². The molecule has 1 saturated carbocycles. The van der Waals surface area contributed by atoms with Crippen LogP contribution in [-0.2, 0) is 0 Å². The molecule has 34 heavy (non-hydrogen) atoms. The zero-order valence-electron chi connectivity index (χ0n) is 19.6. The number of aromatic nitrogens is 5. The zero-order valence-corrected chi connectivity index (χ0v) is 19.6. The van der Waals surface area contributed by atoms with E-state index in [0.717, 1.165) is 25.7 Å². The standard InChI is InChI=1S/C23H31F2N7O2/c1-14-4-6-15(7-5-14)32-13-17(19(30-32)20(24)25)28-22(33)16-12-27-31-11-8-18(29-21(16)31)26-10-9-23(2,3)34/h8,11-15,20,34H,4-7,9-10H2,1-3H3,(H,26,29)(H,28,33)/t14-,15-. The number of fused-ring (bicyclic) bond motifs is 1. The van der Waals surface area contributed by atoms with Crippen molar-refractivity contribution in [3.05, 3.63) is 35.9 Å². The van der Waals surface area contributed by atoms with Crippen molar-refractivity contribution in [2.75, 3.05) is 17.2 Å². The third kappa shape index (κ3) is 5.52. The number of nitrogens with one attached hydrogen (secondary N) is 2. The number of halogens is 2. The van der Waals surface area contributed by atoms with Crippen molar-refractivity contribution in [1.29, 1.82) is 0 Å². The molecule has 0 bridgehead atoms. The Kier molecular flexibility index (Phi) is 6.83. The van der Waals surface area contributed by atoms with Gasteiger partial charge >= 0.3 is 0 Å². The Hall–Kier alpha value is -3.08. The third-order valence-electron chi connectivity index (χ3n) is 6.23. The third-order valence-corrected chi connectivity index (χ3v) is 6.23. The molecule has 3 heterocycles. The van der Waals surface area contributed by atoms with Gasteiger partial charge in [-0.25, -0.2) is 18.3 Å². The molecule has 1 amide bonds. The van der Waals surface area contributed by atoms with Crippen LogP contribution in [0.5, 0.6) is 0 Å². The number of aliphatic hydroxyl groups is 1. The number of carbonyl (C=O) groups excluding carboxylic acids is 1. The van der Waals surface area contributed by atoms with E-state index in [9.17, 15) is 18.7 Å². The number of carbonyl (C=O) groups is 1. The van der Waals surface area contributed by atoms with E-state index in [1.165, 1.54) is 16.9 Å². The molecule has 1 aliphatic carbocycles. The first-order valence-corrected chi connectivity index (χ1v) is 11.6. The van der Waals surface area contributed by atoms with Crippen LogP contribution < -0.4 is 10.6 Å². The van der Waals surface area contributed by atoms with Crippen LogP contribution in [0, 0.1) is 5.92 Å². The Balaban J connectivity index is 1.53. The van der Waals surface area contributed by atoms with Crippen molar-refractivity contribution in [2.45, 2.75) is 70.9 Å². The van der Waals surface area contributed by atoms with Gasteiger partial charge in [-0.2, -0.15) is 10.2 Å². The molecule has 3 aromatic heterocycles. The summed E-state index contributed by atoms with van der Waals surface area (Å²) in [5.41, 5.74) is -0.812. The highest BCUT2D eigenvalue weighted by Gasteiger charge is 2.26. The van der Waals surface area contributed by atoms with Gasteiger partial charge in [0.1, 0.15) is 11.4 Å². The highest BCUT2D eigenvalue weighted by molar-refractivity contribution is 6.08. The molecule has 1 fully saturated rings. The maximum absolute atomic E-state index is 13.7. The second-order valence-corrected chi connectivity index (χ2v) is 9.70. The van der Waals surface area contributed by atoms with Gasteiger partial charge in [0.25, 0.3) is 12.3 Å². The first-order chi connectivity index (χ1) is 16.1. The van der Waals surface area contributed by atoms with Crippen LogP contribution in [0.15, 0.2) is 24.7 Å². The smallest absolute Gasteiger partial charge is 0.284 e. The maximum Gasteiger partial charge on any atom is 0.284 e. The van der Waals surface area contributed by atoms with Crippen molar-refractivity contribution in [3.8, 4) is 0 Å². The molecule has 0 unspecified atom stereocenters. The minimum Gasteiger partial charge on any atom is -0.390 e. The fourth-order valence-electron chi connectivity index (χ4n) is 4.17. The number of nitrogens with zero attached hydrogens (tertiary/aromatic N) is 5. The van der Waals surface area contributed by atoms with Crippen molar-refractivity contribution < 1.29 is 18.7 Å². The summed E-state index contributed by atoms with van der Waals surface area (Å²) in [4.78, 5) is 17.4. The summed E-state index contributed by atoms with van der Waals surface area (Å²) >= 11 is 0. The Bertz CT molecular complexity index is 1140. The van der Waals surface area contributed by atoms with Crippen LogP contribution in [-0.4, -0.2) is 47.5 Å². The number of hydrogen-bond acceptors (Lipinski definition) is 6. The Morgan fingerprint density at radius 3 is 2.71 bits per heavy atom. The lowest BCUT2D eigenvalue weighted by atomic mass is 9.87. The van der Waals surface area contributed by atoms with Crippen LogP contribution in [0.4, 0.5) is 20.3 Å². The monoisotopic (exact) mass is 475 g/mol. The molecule has 4 rings (SSSR count). The molecule has 9 nitrogen and oxygen atoms in total. The molecule has 0 spiro atoms. The highest BCUT2D eigenvalue weighted by Crippen LogP contribution is 2.34. The van der Waals surface area contributed by atoms with Gasteiger partial charge in [0.2, 0.25) is 0 Å². The average molecular weight is 476 g/mol. The first kappa shape index (κ1) is 24.1. The second-order valence-electron chi connectivity index (χ2n) is 9.70. The van der Waals surface area contributed by atoms with Crippen LogP contribution in [0.2, 0.25) is 0 Å². The summed E-state index contributed by atoms with van der Waals surface area (Å²) in [6.07, 6.45) is 6.00. The topological polar surface area (TPSA) is 109 Å². The van der Waals surface area contributed by atoms with E-state index in [1.807, 2.05) is 0 Å². The van der Waals surface area contributed by atoms with Gasteiger partial charge in [-0.1, -0.05) is 6.92 Å². The summed E-state index contributed by atoms with van der Waals surface area (Å²) in [6.45, 7) is 6.11. The largest absolute Gasteiger partial charge is 0.390 e. The lowest BCUT2D eigenvalue weighted by Gasteiger charge is -2.26. The molecule has 0 aliphatic heterocycles. The number of hydrogen-bond donors (Lipinski definition) is 3. The number of amides is 1. The number of alkyl halides is 2. The molecule has 1 aliphatic rings. The zero-order chi connectivity index (χ0) is 24.5. The second kappa shape index (κ2) is 9.65. The lowest BCUT2D eigenvalue weighted by molar-refractivity contribution is 0.0748. The maximum atomic E-state index is 13.7. The number of rotatable bonds is 8. The highest BCUT2D eigenvalue weighted by atomic mass is 19.3. The molecule has 184 valence electrons. The van der Waals surface area contributed by atoms with Crippen molar-refractivity contribution in [3.63, 3.8) is 0 Å². The van der Waals surface area contributed by atoms with Crippen molar-refractivity contribution >= 4 is 23.1 Å². The van der Waals surface area contributed by atoms with Gasteiger partial charge in [0, 0.05) is 18.9 Å². The van der Waals surface area contributed by atoms with E-state index in [4.69, 9.17) is 0 Å². The Labute approximate surface area is 196 Å². The fourth-order valence-corrected chi connectivity index (χ4v) is 4.17. The molecule has 11 heteroatoms. The van der Waals surface area contributed by atoms with Crippen LogP contribution in [0.1, 0.15) is 81.4 Å². The molecule has 0 atom stereocenters. The van der Waals surface area contributed by atoms with E-state index in [0.29, 0.717) is 24.7 Å². The number of anilines is 2. The van der Waals surface area contributed by atoms with E-state index >= 15 is 0 Å². The summed E-state index contributed by atoms with van der Waals surface area (Å²) in [7, 11) is 0. The summed E-state index contributed by atoms with van der Waals surface area (Å²) in [5, 5.41) is 23.8. The predicted molar refractivity (Wildman–Crippen MR) is 124 cm³/mol. The van der Waals surface area contributed by atoms with Crippen LogP contribution in [0.25, 0.3) is 5.65 Å². The van der Waals surface area contributed by atoms with Gasteiger partial charge < -0.3 is 15.7 Å². The van der Waals surface area contributed by atoms with E-state index in [-0.39, 0.29) is 22.9 Å². The summed E-state index contributed by atoms with van der Waals surface area (Å²) < 4.78 is 30.4. The quantitative estimate of drug-likeness (QED) is 0.444. The van der Waals surface area contributed by atoms with E-state index in [2.05, 4.69) is 32.7 Å². The minimum absolute atomic E-state index is 0.00238. The fraction of sp³-hybridized carbons (Fsp3) is 0.565. The molecule has 0 radical (unpaired) electrons. The Morgan fingerprint density at radius 1 is 1.29 bits per heavy atom. The average Bonchev–Trinajstić information content (AvgIpc) is 3.37. The summed E-state index contributed by atoms with van der Waals surface area (Å²) in [6, 6.07) is 1.76. The van der Waals surface area contributed by atoms with E-state index < -0.39 is 23.6 Å². The van der Waals surface area contributed by atoms with Crippen molar-refractivity contribution in [2.24, 2.45) is 5.92 Å². The molecular formula is C23H31F2N7O2. The molecule has 0 saturated heterocycles. The molecule has 3 aromatic rings. The van der Waals surface area contributed by atoms with Gasteiger partial charge in [-0.3, -0.25) is 9.48 Å². The van der Waals surface area contributed by atoms with Gasteiger partial charge in [-0.05, 0) is 57.9 Å². The Morgan fingerprint density at radius 2 is 2.03 bits per heavy atom. The van der Waals surface area contributed by atoms with Gasteiger partial charge in [-0.15, -0.1) is 0 Å². The molecule has 3 N–H and O–H groups in total. The van der Waals surface area contributed by atoms with Gasteiger partial charge in [0.05, 0.1) is 23.5 Å². The van der Waals surface area contributed by atoms with Gasteiger partial charge in [0.15, 0.2) is 11.3 Å². The summed E-state index contributed by atoms with van der Waals surface area (Å²) in [5.74, 6) is 0.548. The van der Waals surface area contributed by atoms with E-state index in [1.54, 1.807) is 30.8 Å². The van der Waals surface area contributed by atoms with Crippen molar-refractivity contribution in [1.82, 2.24) is 24.4 Å². The molecular weight excluding hydrogens is 444 g/mol. The first-order valence-electron chi connectivity index (χ1n) is 11.6.